The molecule has 3 rings (SSSR count). The second kappa shape index (κ2) is 8.03. The lowest BCUT2D eigenvalue weighted by Gasteiger charge is -2.22. The maximum atomic E-state index is 12.9. The Morgan fingerprint density at radius 1 is 1.04 bits per heavy atom. The molecule has 1 aromatic carbocycles. The van der Waals surface area contributed by atoms with Crippen LogP contribution in [0.2, 0.25) is 0 Å². The molecule has 0 radical (unpaired) electrons. The molecule has 0 saturated carbocycles. The number of H-pyrrole nitrogens is 1. The number of hydrogen-bond donors (Lipinski definition) is 1. The van der Waals surface area contributed by atoms with Gasteiger partial charge in [0.05, 0.1) is 19.1 Å². The molecule has 0 atom stereocenters. The predicted octanol–water partition coefficient (Wildman–Crippen LogP) is 1.80. The minimum atomic E-state index is -0.385. The number of nitrogens with zero attached hydrogens (tertiary/aromatic N) is 2. The highest BCUT2D eigenvalue weighted by Crippen LogP contribution is 2.20. The second-order valence-corrected chi connectivity index (χ2v) is 6.35. The van der Waals surface area contributed by atoms with Gasteiger partial charge in [0.2, 0.25) is 5.91 Å². The van der Waals surface area contributed by atoms with E-state index in [4.69, 9.17) is 0 Å². The van der Waals surface area contributed by atoms with Gasteiger partial charge in [0.1, 0.15) is 0 Å². The zero-order valence-electron chi connectivity index (χ0n) is 14.9. The van der Waals surface area contributed by atoms with E-state index in [1.54, 1.807) is 16.0 Å². The van der Waals surface area contributed by atoms with E-state index in [1.807, 2.05) is 24.3 Å². The van der Waals surface area contributed by atoms with Gasteiger partial charge in [-0.1, -0.05) is 18.2 Å². The third-order valence-electron chi connectivity index (χ3n) is 4.73. The molecule has 26 heavy (non-hydrogen) atoms. The third-order valence-corrected chi connectivity index (χ3v) is 4.73. The van der Waals surface area contributed by atoms with Gasteiger partial charge < -0.3 is 19.5 Å². The van der Waals surface area contributed by atoms with Gasteiger partial charge >= 0.3 is 5.97 Å². The lowest BCUT2D eigenvalue weighted by atomic mass is 10.1. The van der Waals surface area contributed by atoms with Crippen LogP contribution < -0.4 is 0 Å². The van der Waals surface area contributed by atoms with Crippen LogP contribution in [-0.4, -0.2) is 65.9 Å². The Bertz CT molecular complexity index is 814. The molecule has 0 aliphatic carbocycles. The number of methoxy groups -OCH3 is 1. The minimum absolute atomic E-state index is 0.0219. The first kappa shape index (κ1) is 18.0. The molecule has 1 aliphatic rings. The van der Waals surface area contributed by atoms with Crippen LogP contribution in [0.3, 0.4) is 0 Å². The number of esters is 1. The quantitative estimate of drug-likeness (QED) is 0.846. The first-order valence-corrected chi connectivity index (χ1v) is 8.80. The lowest BCUT2D eigenvalue weighted by molar-refractivity contribution is -0.143. The molecule has 2 aromatic rings. The Hall–Kier alpha value is -2.83. The maximum Gasteiger partial charge on any atom is 0.306 e. The summed E-state index contributed by atoms with van der Waals surface area (Å²) in [6.07, 6.45) is 2.70. The summed E-state index contributed by atoms with van der Waals surface area (Å²) in [4.78, 5) is 43.0. The van der Waals surface area contributed by atoms with Crippen molar-refractivity contribution < 1.29 is 19.1 Å². The second-order valence-electron chi connectivity index (χ2n) is 6.35. The molecule has 1 aliphatic heterocycles. The summed E-state index contributed by atoms with van der Waals surface area (Å²) in [6.45, 7) is 2.17. The number of aromatic nitrogens is 1. The number of nitrogens with one attached hydrogen (secondary N) is 1. The van der Waals surface area contributed by atoms with Crippen LogP contribution in [-0.2, 0) is 14.3 Å². The Balaban J connectivity index is 1.62. The van der Waals surface area contributed by atoms with E-state index < -0.39 is 0 Å². The van der Waals surface area contributed by atoms with Crippen molar-refractivity contribution in [2.75, 3.05) is 33.3 Å². The zero-order valence-corrected chi connectivity index (χ0v) is 14.9. The van der Waals surface area contributed by atoms with Gasteiger partial charge in [-0.3, -0.25) is 14.4 Å². The Morgan fingerprint density at radius 2 is 1.77 bits per heavy atom. The number of para-hydroxylation sites is 1. The molecule has 2 heterocycles. The van der Waals surface area contributed by atoms with Gasteiger partial charge in [0.25, 0.3) is 5.91 Å². The first-order chi connectivity index (χ1) is 12.6. The van der Waals surface area contributed by atoms with Crippen LogP contribution in [0.5, 0.6) is 0 Å². The largest absolute Gasteiger partial charge is 0.469 e. The Labute approximate surface area is 151 Å². The zero-order chi connectivity index (χ0) is 18.5. The number of hydrogen-bond acceptors (Lipinski definition) is 4. The third kappa shape index (κ3) is 3.87. The monoisotopic (exact) mass is 357 g/mol. The van der Waals surface area contributed by atoms with Crippen molar-refractivity contribution in [3.63, 3.8) is 0 Å². The van der Waals surface area contributed by atoms with Crippen molar-refractivity contribution in [3.8, 4) is 0 Å². The van der Waals surface area contributed by atoms with Gasteiger partial charge in [-0.05, 0) is 12.5 Å². The van der Waals surface area contributed by atoms with Crippen molar-refractivity contribution in [1.29, 1.82) is 0 Å². The molecule has 1 aromatic heterocycles. The summed E-state index contributed by atoms with van der Waals surface area (Å²) < 4.78 is 4.57. The van der Waals surface area contributed by atoms with Crippen molar-refractivity contribution >= 4 is 28.7 Å². The fraction of sp³-hybridized carbons (Fsp3) is 0.421. The van der Waals surface area contributed by atoms with Crippen molar-refractivity contribution in [1.82, 2.24) is 14.8 Å². The standard InChI is InChI=1S/C19H23N3O4/c1-26-18(24)8-7-17(23)21-9-4-10-22(12-11-21)19(25)15-13-20-16-6-3-2-5-14(15)16/h2-3,5-6,13,20H,4,7-12H2,1H3. The van der Waals surface area contributed by atoms with Crippen LogP contribution in [0.4, 0.5) is 0 Å². The van der Waals surface area contributed by atoms with E-state index in [-0.39, 0.29) is 30.6 Å². The topological polar surface area (TPSA) is 82.7 Å². The number of carbonyl (C=O) groups excluding carboxylic acids is 3. The molecular weight excluding hydrogens is 334 g/mol. The number of benzene rings is 1. The van der Waals surface area contributed by atoms with Gasteiger partial charge in [0, 0.05) is 49.7 Å². The van der Waals surface area contributed by atoms with Crippen LogP contribution in [0.15, 0.2) is 30.5 Å². The molecule has 0 spiro atoms. The molecule has 7 heteroatoms. The summed E-state index contributed by atoms with van der Waals surface area (Å²) in [6, 6.07) is 7.71. The van der Waals surface area contributed by atoms with Crippen LogP contribution in [0.25, 0.3) is 10.9 Å². The minimum Gasteiger partial charge on any atom is -0.469 e. The summed E-state index contributed by atoms with van der Waals surface area (Å²) in [7, 11) is 1.31. The van der Waals surface area contributed by atoms with Gasteiger partial charge in [-0.15, -0.1) is 0 Å². The van der Waals surface area contributed by atoms with E-state index in [0.717, 1.165) is 17.3 Å². The summed E-state index contributed by atoms with van der Waals surface area (Å²) >= 11 is 0. The van der Waals surface area contributed by atoms with Crippen LogP contribution in [0.1, 0.15) is 29.6 Å². The number of fused-ring (bicyclic) bond motifs is 1. The average molecular weight is 357 g/mol. The molecule has 0 bridgehead atoms. The first-order valence-electron chi connectivity index (χ1n) is 8.80. The molecule has 7 nitrogen and oxygen atoms in total. The highest BCUT2D eigenvalue weighted by Gasteiger charge is 2.24. The number of rotatable bonds is 4. The van der Waals surface area contributed by atoms with E-state index in [2.05, 4.69) is 9.72 Å². The van der Waals surface area contributed by atoms with E-state index >= 15 is 0 Å². The molecule has 2 amide bonds. The fourth-order valence-electron chi connectivity index (χ4n) is 3.26. The summed E-state index contributed by atoms with van der Waals surface area (Å²) in [5.74, 6) is -0.479. The average Bonchev–Trinajstić information content (AvgIpc) is 2.94. The number of amides is 2. The summed E-state index contributed by atoms with van der Waals surface area (Å²) in [5, 5.41) is 0.910. The van der Waals surface area contributed by atoms with Gasteiger partial charge in [0.15, 0.2) is 0 Å². The molecule has 1 N–H and O–H groups in total. The molecule has 0 unspecified atom stereocenters. The Morgan fingerprint density at radius 3 is 2.58 bits per heavy atom. The molecule has 1 saturated heterocycles. The molecule has 1 fully saturated rings. The smallest absolute Gasteiger partial charge is 0.306 e. The van der Waals surface area contributed by atoms with Crippen LogP contribution >= 0.6 is 0 Å². The van der Waals surface area contributed by atoms with E-state index in [1.165, 1.54) is 7.11 Å². The van der Waals surface area contributed by atoms with Crippen molar-refractivity contribution in [2.24, 2.45) is 0 Å². The highest BCUT2D eigenvalue weighted by atomic mass is 16.5. The highest BCUT2D eigenvalue weighted by molar-refractivity contribution is 6.06. The van der Waals surface area contributed by atoms with Crippen LogP contribution in [0, 0.1) is 0 Å². The fourth-order valence-corrected chi connectivity index (χ4v) is 3.26. The number of aromatic amines is 1. The maximum absolute atomic E-state index is 12.9. The number of ether oxygens (including phenoxy) is 1. The predicted molar refractivity (Wildman–Crippen MR) is 96.6 cm³/mol. The Kier molecular flexibility index (Phi) is 5.55. The van der Waals surface area contributed by atoms with Crippen molar-refractivity contribution in [3.05, 3.63) is 36.0 Å². The number of carbonyl (C=O) groups is 3. The SMILES string of the molecule is COC(=O)CCC(=O)N1CCCN(C(=O)c2c[nH]c3ccccc23)CC1. The van der Waals surface area contributed by atoms with E-state index in [9.17, 15) is 14.4 Å². The summed E-state index contributed by atoms with van der Waals surface area (Å²) in [5.41, 5.74) is 1.59. The van der Waals surface area contributed by atoms with E-state index in [0.29, 0.717) is 31.7 Å². The molecule has 138 valence electrons. The lowest BCUT2D eigenvalue weighted by Crippen LogP contribution is -2.37. The van der Waals surface area contributed by atoms with Gasteiger partial charge in [-0.25, -0.2) is 0 Å². The van der Waals surface area contributed by atoms with Gasteiger partial charge in [-0.2, -0.15) is 0 Å². The van der Waals surface area contributed by atoms with Crippen molar-refractivity contribution in [2.45, 2.75) is 19.3 Å². The molecular formula is C19H23N3O4. The normalized spacial score (nSPS) is 15.0.